The van der Waals surface area contributed by atoms with Crippen molar-refractivity contribution in [2.75, 3.05) is 11.1 Å². The number of amides is 1. The molecule has 0 atom stereocenters. The minimum atomic E-state index is -0.0827. The van der Waals surface area contributed by atoms with Gasteiger partial charge in [-0.3, -0.25) is 4.79 Å². The molecule has 4 rings (SSSR count). The summed E-state index contributed by atoms with van der Waals surface area (Å²) in [4.78, 5) is 12.5. The first-order chi connectivity index (χ1) is 16.0. The third kappa shape index (κ3) is 5.39. The summed E-state index contributed by atoms with van der Waals surface area (Å²) >= 11 is 4.81. The number of thioether (sulfide) groups is 1. The standard InChI is InChI=1S/C25H25BrN4O2S/c1-4-30-23(14-32-22-12-9-18-7-5-6-8-20(18)17(22)3)28-29-25(30)33-15-24(31)27-21-11-10-19(26)13-16(21)2/h5-13H,4,14-15H2,1-3H3,(H,27,31). The molecule has 1 amide bonds. The zero-order chi connectivity index (χ0) is 23.4. The molecule has 170 valence electrons. The molecule has 6 nitrogen and oxygen atoms in total. The lowest BCUT2D eigenvalue weighted by Crippen LogP contribution is -2.15. The Bertz CT molecular complexity index is 1310. The largest absolute Gasteiger partial charge is 0.485 e. The van der Waals surface area contributed by atoms with E-state index in [0.717, 1.165) is 32.9 Å². The number of ether oxygens (including phenoxy) is 1. The molecule has 1 aromatic heterocycles. The van der Waals surface area contributed by atoms with Crippen LogP contribution in [-0.4, -0.2) is 26.4 Å². The predicted octanol–water partition coefficient (Wildman–Crippen LogP) is 6.14. The molecule has 0 saturated heterocycles. The van der Waals surface area contributed by atoms with Gasteiger partial charge in [0.1, 0.15) is 12.4 Å². The number of nitrogens with one attached hydrogen (secondary N) is 1. The number of fused-ring (bicyclic) bond motifs is 1. The number of benzene rings is 3. The average molecular weight is 525 g/mol. The van der Waals surface area contributed by atoms with E-state index in [0.29, 0.717) is 18.3 Å². The molecule has 1 N–H and O–H groups in total. The molecular formula is C25H25BrN4O2S. The van der Waals surface area contributed by atoms with Crippen molar-refractivity contribution >= 4 is 50.1 Å². The van der Waals surface area contributed by atoms with Crippen LogP contribution >= 0.6 is 27.7 Å². The Hall–Kier alpha value is -2.84. The SMILES string of the molecule is CCn1c(COc2ccc3ccccc3c2C)nnc1SCC(=O)Nc1ccc(Br)cc1C. The van der Waals surface area contributed by atoms with Gasteiger partial charge >= 0.3 is 0 Å². The Morgan fingerprint density at radius 1 is 1.12 bits per heavy atom. The zero-order valence-electron chi connectivity index (χ0n) is 18.8. The van der Waals surface area contributed by atoms with Crippen LogP contribution in [-0.2, 0) is 17.9 Å². The van der Waals surface area contributed by atoms with E-state index in [9.17, 15) is 4.79 Å². The third-order valence-corrected chi connectivity index (χ3v) is 6.87. The van der Waals surface area contributed by atoms with Crippen LogP contribution in [0.2, 0.25) is 0 Å². The highest BCUT2D eigenvalue weighted by Gasteiger charge is 2.15. The quantitative estimate of drug-likeness (QED) is 0.280. The Kier molecular flexibility index (Phi) is 7.35. The van der Waals surface area contributed by atoms with Crippen molar-refractivity contribution in [2.45, 2.75) is 39.1 Å². The fraction of sp³-hybridized carbons (Fsp3) is 0.240. The van der Waals surface area contributed by atoms with Crippen molar-refractivity contribution in [3.8, 4) is 5.75 Å². The first-order valence-electron chi connectivity index (χ1n) is 10.7. The molecule has 0 unspecified atom stereocenters. The summed E-state index contributed by atoms with van der Waals surface area (Å²) in [7, 11) is 0. The molecule has 0 bridgehead atoms. The molecule has 0 aliphatic carbocycles. The van der Waals surface area contributed by atoms with Gasteiger partial charge in [-0.05, 0) is 66.9 Å². The van der Waals surface area contributed by atoms with Crippen molar-refractivity contribution in [1.29, 1.82) is 0 Å². The second-order valence-corrected chi connectivity index (χ2v) is 9.50. The molecule has 0 aliphatic rings. The number of carbonyl (C=O) groups is 1. The second-order valence-electron chi connectivity index (χ2n) is 7.64. The van der Waals surface area contributed by atoms with E-state index in [1.807, 2.05) is 54.8 Å². The van der Waals surface area contributed by atoms with Crippen molar-refractivity contribution in [1.82, 2.24) is 14.8 Å². The van der Waals surface area contributed by atoms with Crippen molar-refractivity contribution in [3.63, 3.8) is 0 Å². The maximum Gasteiger partial charge on any atom is 0.234 e. The van der Waals surface area contributed by atoms with Gasteiger partial charge in [0.2, 0.25) is 5.91 Å². The summed E-state index contributed by atoms with van der Waals surface area (Å²) in [5.74, 6) is 1.73. The van der Waals surface area contributed by atoms with Crippen molar-refractivity contribution in [2.24, 2.45) is 0 Å². The molecule has 33 heavy (non-hydrogen) atoms. The van der Waals surface area contributed by atoms with Gasteiger partial charge in [-0.2, -0.15) is 0 Å². The highest BCUT2D eigenvalue weighted by atomic mass is 79.9. The van der Waals surface area contributed by atoms with E-state index in [-0.39, 0.29) is 11.7 Å². The monoisotopic (exact) mass is 524 g/mol. The predicted molar refractivity (Wildman–Crippen MR) is 137 cm³/mol. The van der Waals surface area contributed by atoms with Gasteiger partial charge in [0.15, 0.2) is 11.0 Å². The lowest BCUT2D eigenvalue weighted by atomic mass is 10.0. The van der Waals surface area contributed by atoms with Gasteiger partial charge in [0, 0.05) is 16.7 Å². The van der Waals surface area contributed by atoms with Gasteiger partial charge in [-0.25, -0.2) is 0 Å². The molecule has 1 heterocycles. The summed E-state index contributed by atoms with van der Waals surface area (Å²) in [6.07, 6.45) is 0. The lowest BCUT2D eigenvalue weighted by Gasteiger charge is -2.12. The highest BCUT2D eigenvalue weighted by Crippen LogP contribution is 2.28. The zero-order valence-corrected chi connectivity index (χ0v) is 21.2. The summed E-state index contributed by atoms with van der Waals surface area (Å²) in [6.45, 7) is 7.06. The minimum absolute atomic E-state index is 0.0827. The fourth-order valence-corrected chi connectivity index (χ4v) is 4.94. The van der Waals surface area contributed by atoms with Gasteiger partial charge < -0.3 is 14.6 Å². The highest BCUT2D eigenvalue weighted by molar-refractivity contribution is 9.10. The van der Waals surface area contributed by atoms with Crippen molar-refractivity contribution in [3.05, 3.63) is 76.0 Å². The van der Waals surface area contributed by atoms with Gasteiger partial charge in [0.05, 0.1) is 5.75 Å². The number of hydrogen-bond donors (Lipinski definition) is 1. The van der Waals surface area contributed by atoms with Crippen LogP contribution in [0, 0.1) is 13.8 Å². The van der Waals surface area contributed by atoms with Crippen LogP contribution in [0.4, 0.5) is 5.69 Å². The Morgan fingerprint density at radius 3 is 2.73 bits per heavy atom. The van der Waals surface area contributed by atoms with E-state index >= 15 is 0 Å². The number of aryl methyl sites for hydroxylation is 2. The molecule has 0 saturated carbocycles. The minimum Gasteiger partial charge on any atom is -0.485 e. The maximum absolute atomic E-state index is 12.5. The number of halogens is 1. The van der Waals surface area contributed by atoms with Gasteiger partial charge in [0.25, 0.3) is 0 Å². The summed E-state index contributed by atoms with van der Waals surface area (Å²) in [5, 5.41) is 14.6. The summed E-state index contributed by atoms with van der Waals surface area (Å²) in [6, 6.07) is 18.1. The topological polar surface area (TPSA) is 69.0 Å². The van der Waals surface area contributed by atoms with Crippen molar-refractivity contribution < 1.29 is 9.53 Å². The lowest BCUT2D eigenvalue weighted by molar-refractivity contribution is -0.113. The number of rotatable bonds is 8. The van der Waals surface area contributed by atoms with E-state index in [1.54, 1.807) is 0 Å². The molecule has 0 aliphatic heterocycles. The number of aromatic nitrogens is 3. The van der Waals surface area contributed by atoms with Crippen LogP contribution in [0.15, 0.2) is 64.2 Å². The number of nitrogens with zero attached hydrogens (tertiary/aromatic N) is 3. The maximum atomic E-state index is 12.5. The normalized spacial score (nSPS) is 11.0. The summed E-state index contributed by atoms with van der Waals surface area (Å²) < 4.78 is 9.07. The molecule has 0 radical (unpaired) electrons. The third-order valence-electron chi connectivity index (χ3n) is 5.41. The van der Waals surface area contributed by atoms with Crippen LogP contribution in [0.1, 0.15) is 23.9 Å². The fourth-order valence-electron chi connectivity index (χ4n) is 3.64. The molecule has 0 spiro atoms. The van der Waals surface area contributed by atoms with Gasteiger partial charge in [-0.1, -0.05) is 58.0 Å². The Morgan fingerprint density at radius 2 is 1.94 bits per heavy atom. The number of anilines is 1. The van der Waals surface area contributed by atoms with E-state index < -0.39 is 0 Å². The first kappa shape index (κ1) is 23.3. The van der Waals surface area contributed by atoms with E-state index in [1.165, 1.54) is 22.5 Å². The molecule has 0 fully saturated rings. The van der Waals surface area contributed by atoms with Crippen LogP contribution < -0.4 is 10.1 Å². The average Bonchev–Trinajstić information content (AvgIpc) is 3.21. The smallest absolute Gasteiger partial charge is 0.234 e. The van der Waals surface area contributed by atoms with Gasteiger partial charge in [-0.15, -0.1) is 10.2 Å². The molecule has 4 aromatic rings. The molecular weight excluding hydrogens is 500 g/mol. The number of hydrogen-bond acceptors (Lipinski definition) is 5. The van der Waals surface area contributed by atoms with Crippen LogP contribution in [0.5, 0.6) is 5.75 Å². The molecule has 8 heteroatoms. The first-order valence-corrected chi connectivity index (χ1v) is 12.5. The van der Waals surface area contributed by atoms with E-state index in [4.69, 9.17) is 4.74 Å². The Labute approximate surface area is 205 Å². The van der Waals surface area contributed by atoms with E-state index in [2.05, 4.69) is 56.6 Å². The van der Waals surface area contributed by atoms with Crippen LogP contribution in [0.25, 0.3) is 10.8 Å². The molecule has 3 aromatic carbocycles. The Balaban J connectivity index is 1.40. The summed E-state index contributed by atoms with van der Waals surface area (Å²) in [5.41, 5.74) is 2.91. The number of carbonyl (C=O) groups excluding carboxylic acids is 1. The second kappa shape index (κ2) is 10.4. The van der Waals surface area contributed by atoms with Crippen LogP contribution in [0.3, 0.4) is 0 Å².